The fourth-order valence-electron chi connectivity index (χ4n) is 7.47. The lowest BCUT2D eigenvalue weighted by molar-refractivity contribution is 0.00193. The summed E-state index contributed by atoms with van der Waals surface area (Å²) in [5.41, 5.74) is 3.70. The average Bonchev–Trinajstić information content (AvgIpc) is 2.71. The molecular weight excluding hydrogens is 366 g/mol. The number of benzene rings is 1. The van der Waals surface area contributed by atoms with Gasteiger partial charge >= 0.3 is 0 Å². The molecule has 0 amide bonds. The molecule has 1 aromatic rings. The molecule has 156 valence electrons. The lowest BCUT2D eigenvalue weighted by Crippen LogP contribution is -2.49. The minimum atomic E-state index is -1.50. The van der Waals surface area contributed by atoms with Crippen molar-refractivity contribution >= 4 is 19.5 Å². The first-order chi connectivity index (χ1) is 14.0. The minimum absolute atomic E-state index is 0.313. The monoisotopic (exact) mass is 405 g/mol. The number of nitrogens with zero attached hydrogens (tertiary/aromatic N) is 1. The van der Waals surface area contributed by atoms with Crippen LogP contribution in [-0.2, 0) is 0 Å². The molecule has 4 bridgehead atoms. The summed E-state index contributed by atoms with van der Waals surface area (Å²) < 4.78 is 0. The molecule has 0 spiro atoms. The van der Waals surface area contributed by atoms with Crippen molar-refractivity contribution in [3.05, 3.63) is 41.5 Å². The van der Waals surface area contributed by atoms with Gasteiger partial charge in [-0.25, -0.2) is 0 Å². The molecule has 0 aromatic heterocycles. The van der Waals surface area contributed by atoms with Crippen LogP contribution in [0.4, 0.5) is 0 Å². The van der Waals surface area contributed by atoms with E-state index in [1.807, 2.05) is 0 Å². The molecule has 5 fully saturated rings. The molecule has 5 aliphatic carbocycles. The molecule has 2 heteroatoms. The maximum Gasteiger partial charge on any atom is 0.0849 e. The Morgan fingerprint density at radius 3 is 2.10 bits per heavy atom. The predicted molar refractivity (Wildman–Crippen MR) is 128 cm³/mol. The molecule has 0 aliphatic heterocycles. The van der Waals surface area contributed by atoms with Crippen LogP contribution in [-0.4, -0.2) is 19.8 Å². The number of aliphatic imine (C=N–C) groups is 1. The van der Waals surface area contributed by atoms with E-state index in [2.05, 4.69) is 49.6 Å². The quantitative estimate of drug-likeness (QED) is 0.373. The maximum atomic E-state index is 5.51. The van der Waals surface area contributed by atoms with Crippen LogP contribution >= 0.6 is 0 Å². The van der Waals surface area contributed by atoms with Crippen LogP contribution in [0.2, 0.25) is 19.1 Å². The van der Waals surface area contributed by atoms with E-state index in [9.17, 15) is 0 Å². The van der Waals surface area contributed by atoms with Gasteiger partial charge in [0.25, 0.3) is 0 Å². The Morgan fingerprint density at radius 1 is 0.931 bits per heavy atom. The maximum absolute atomic E-state index is 5.51. The van der Waals surface area contributed by atoms with E-state index in [-0.39, 0.29) is 0 Å². The van der Waals surface area contributed by atoms with Crippen LogP contribution in [0.15, 0.2) is 46.5 Å². The van der Waals surface area contributed by atoms with E-state index in [4.69, 9.17) is 4.99 Å². The zero-order chi connectivity index (χ0) is 19.9. The lowest BCUT2D eigenvalue weighted by atomic mass is 9.53. The second-order valence-corrected chi connectivity index (χ2v) is 16.2. The van der Waals surface area contributed by atoms with Crippen LogP contribution in [0.1, 0.15) is 70.6 Å². The first-order valence-electron chi connectivity index (χ1n) is 12.3. The van der Waals surface area contributed by atoms with Crippen LogP contribution in [0, 0.1) is 17.8 Å². The van der Waals surface area contributed by atoms with Gasteiger partial charge in [0.1, 0.15) is 0 Å². The van der Waals surface area contributed by atoms with Gasteiger partial charge in [-0.15, -0.1) is 0 Å². The van der Waals surface area contributed by atoms with Gasteiger partial charge in [0.15, 0.2) is 0 Å². The predicted octanol–water partition coefficient (Wildman–Crippen LogP) is 6.90. The van der Waals surface area contributed by atoms with Crippen molar-refractivity contribution in [1.82, 2.24) is 0 Å². The van der Waals surface area contributed by atoms with Gasteiger partial charge in [-0.2, -0.15) is 0 Å². The Bertz CT molecular complexity index is 745. The Hall–Kier alpha value is -1.15. The molecule has 0 saturated heterocycles. The Balaban J connectivity index is 1.42. The van der Waals surface area contributed by atoms with Gasteiger partial charge in [-0.05, 0) is 93.6 Å². The van der Waals surface area contributed by atoms with Crippen molar-refractivity contribution < 1.29 is 0 Å². The smallest absolute Gasteiger partial charge is 0.0849 e. The molecule has 0 radical (unpaired) electrons. The average molecular weight is 406 g/mol. The van der Waals surface area contributed by atoms with Crippen LogP contribution in [0.25, 0.3) is 0 Å². The van der Waals surface area contributed by atoms with Gasteiger partial charge in [-0.1, -0.05) is 60.6 Å². The van der Waals surface area contributed by atoms with Crippen molar-refractivity contribution in [2.75, 3.05) is 0 Å². The fraction of sp³-hybridized carbons (Fsp3) is 0.667. The van der Waals surface area contributed by atoms with E-state index in [1.165, 1.54) is 76.7 Å². The van der Waals surface area contributed by atoms with Crippen molar-refractivity contribution in [2.45, 2.75) is 95.3 Å². The highest BCUT2D eigenvalue weighted by Crippen LogP contribution is 2.57. The summed E-state index contributed by atoms with van der Waals surface area (Å²) in [5.74, 6) is 2.96. The van der Waals surface area contributed by atoms with Crippen LogP contribution in [0.5, 0.6) is 0 Å². The normalized spacial score (nSPS) is 34.1. The largest absolute Gasteiger partial charge is 0.286 e. The lowest BCUT2D eigenvalue weighted by Gasteiger charge is -2.55. The molecule has 1 nitrogen and oxygen atoms in total. The molecule has 6 rings (SSSR count). The van der Waals surface area contributed by atoms with Gasteiger partial charge in [0.2, 0.25) is 0 Å². The number of hydrogen-bond donors (Lipinski definition) is 0. The highest BCUT2D eigenvalue weighted by molar-refractivity contribution is 6.90. The molecule has 29 heavy (non-hydrogen) atoms. The number of allylic oxidation sites excluding steroid dienone is 2. The number of rotatable bonds is 5. The standard InChI is InChI=1S/C27H39NSi/c1-29(2,26-11-7-4-8-12-26)20-25(24-9-5-3-6-10-24)19-28-27-16-21-13-22(17-27)15-23(14-21)18-27/h4,7-8,11-12,19,21-23H,3,5-6,9-10,13-18,20H2,1-2H3. The topological polar surface area (TPSA) is 12.4 Å². The van der Waals surface area contributed by atoms with E-state index in [1.54, 1.807) is 16.3 Å². The third kappa shape index (κ3) is 4.20. The summed E-state index contributed by atoms with van der Waals surface area (Å²) in [6.07, 6.45) is 18.0. The van der Waals surface area contributed by atoms with Gasteiger partial charge in [0, 0.05) is 6.21 Å². The third-order valence-corrected chi connectivity index (χ3v) is 11.8. The molecule has 0 heterocycles. The summed E-state index contributed by atoms with van der Waals surface area (Å²) >= 11 is 0. The molecule has 0 unspecified atom stereocenters. The molecule has 0 N–H and O–H groups in total. The molecule has 5 saturated carbocycles. The summed E-state index contributed by atoms with van der Waals surface area (Å²) in [4.78, 5) is 5.51. The third-order valence-electron chi connectivity index (χ3n) is 8.60. The van der Waals surface area contributed by atoms with Gasteiger partial charge in [-0.3, -0.25) is 4.99 Å². The summed E-state index contributed by atoms with van der Waals surface area (Å²) in [6, 6.07) is 12.6. The first kappa shape index (κ1) is 19.8. The number of hydrogen-bond acceptors (Lipinski definition) is 1. The van der Waals surface area contributed by atoms with Gasteiger partial charge < -0.3 is 0 Å². The van der Waals surface area contributed by atoms with Crippen LogP contribution in [0.3, 0.4) is 0 Å². The molecule has 5 aliphatic rings. The highest BCUT2D eigenvalue weighted by Gasteiger charge is 2.50. The van der Waals surface area contributed by atoms with Crippen molar-refractivity contribution in [3.8, 4) is 0 Å². The zero-order valence-corrected chi connectivity index (χ0v) is 19.6. The van der Waals surface area contributed by atoms with Crippen molar-refractivity contribution in [3.63, 3.8) is 0 Å². The summed E-state index contributed by atoms with van der Waals surface area (Å²) in [5, 5.41) is 1.59. The zero-order valence-electron chi connectivity index (χ0n) is 18.6. The minimum Gasteiger partial charge on any atom is -0.286 e. The Morgan fingerprint density at radius 2 is 1.52 bits per heavy atom. The second kappa shape index (κ2) is 7.83. The molecular formula is C27H39NSi. The van der Waals surface area contributed by atoms with Crippen LogP contribution < -0.4 is 5.19 Å². The first-order valence-corrected chi connectivity index (χ1v) is 15.5. The summed E-state index contributed by atoms with van der Waals surface area (Å²) in [6.45, 7) is 5.12. The van der Waals surface area contributed by atoms with E-state index >= 15 is 0 Å². The van der Waals surface area contributed by atoms with E-state index in [0.29, 0.717) is 5.54 Å². The Kier molecular flexibility index (Phi) is 5.35. The second-order valence-electron chi connectivity index (χ2n) is 11.5. The van der Waals surface area contributed by atoms with E-state index < -0.39 is 8.07 Å². The summed E-state index contributed by atoms with van der Waals surface area (Å²) in [7, 11) is -1.50. The van der Waals surface area contributed by atoms with Crippen molar-refractivity contribution in [1.29, 1.82) is 0 Å². The highest BCUT2D eigenvalue weighted by atomic mass is 28.3. The van der Waals surface area contributed by atoms with E-state index in [0.717, 1.165) is 17.8 Å². The molecule has 0 atom stereocenters. The SMILES string of the molecule is C[Si](C)(CC(C=NC12CC3CC(CC(C3)C1)C2)=C1CCCCC1)c1ccccc1. The fourth-order valence-corrected chi connectivity index (χ4v) is 10.1. The van der Waals surface area contributed by atoms with Gasteiger partial charge in [0.05, 0.1) is 13.6 Å². The van der Waals surface area contributed by atoms with Crippen molar-refractivity contribution in [2.24, 2.45) is 22.7 Å². The molecule has 1 aromatic carbocycles. The Labute approximate surface area is 179 Å².